The van der Waals surface area contributed by atoms with E-state index >= 15 is 4.11 Å². The molecule has 4 heterocycles. The molecule has 4 aromatic rings. The average molecular weight is 682 g/mol. The van der Waals surface area contributed by atoms with Crippen LogP contribution in [-0.2, 0) is 26.5 Å². The van der Waals surface area contributed by atoms with Crippen LogP contribution >= 0.6 is 0 Å². The van der Waals surface area contributed by atoms with Crippen molar-refractivity contribution >= 4 is 37.3 Å². The van der Waals surface area contributed by atoms with Gasteiger partial charge < -0.3 is 23.6 Å². The lowest BCUT2D eigenvalue weighted by atomic mass is 9.82. The zero-order valence-electron chi connectivity index (χ0n) is 27.8. The highest BCUT2D eigenvalue weighted by Gasteiger charge is 2.66. The quantitative estimate of drug-likeness (QED) is 0.127. The van der Waals surface area contributed by atoms with Crippen LogP contribution in [-0.4, -0.2) is 66.2 Å². The number of aryl methyl sites for hydroxylation is 1. The number of aliphatic hydroxyl groups excluding tert-OH is 1. The van der Waals surface area contributed by atoms with E-state index in [1.165, 1.54) is 0 Å². The summed E-state index contributed by atoms with van der Waals surface area (Å²) in [5, 5.41) is 18.8. The summed E-state index contributed by atoms with van der Waals surface area (Å²) in [6, 6.07) is 22.5. The van der Waals surface area contributed by atoms with Gasteiger partial charge in [0, 0.05) is 42.0 Å². The van der Waals surface area contributed by atoms with Gasteiger partial charge >= 0.3 is 0 Å². The number of halogens is 1. The van der Waals surface area contributed by atoms with Gasteiger partial charge in [0.1, 0.15) is 5.75 Å². The maximum absolute atomic E-state index is 16.4. The lowest BCUT2D eigenvalue weighted by Crippen LogP contribution is -2.45. The Bertz CT molecular complexity index is 1900. The van der Waals surface area contributed by atoms with Gasteiger partial charge in [-0.1, -0.05) is 60.7 Å². The van der Waals surface area contributed by atoms with Crippen LogP contribution in [0.2, 0.25) is 18.6 Å². The zero-order chi connectivity index (χ0) is 34.5. The number of fused-ring (bicyclic) bond motifs is 3. The first kappa shape index (κ1) is 32.9. The molecule has 1 aromatic heterocycles. The normalized spacial score (nSPS) is 23.8. The van der Waals surface area contributed by atoms with Crippen molar-refractivity contribution in [2.45, 2.75) is 56.1 Å². The molecule has 10 nitrogen and oxygen atoms in total. The molecule has 12 heteroatoms. The van der Waals surface area contributed by atoms with Crippen LogP contribution in [0, 0.1) is 5.92 Å². The van der Waals surface area contributed by atoms with E-state index in [1.54, 1.807) is 39.8 Å². The van der Waals surface area contributed by atoms with Crippen LogP contribution in [0.15, 0.2) is 91.6 Å². The van der Waals surface area contributed by atoms with E-state index in [0.717, 1.165) is 5.56 Å². The highest BCUT2D eigenvalue weighted by molar-refractivity contribution is 6.72. The summed E-state index contributed by atoms with van der Waals surface area (Å²) in [5.74, 6) is -0.743. The summed E-state index contributed by atoms with van der Waals surface area (Å²) >= 11 is 0. The van der Waals surface area contributed by atoms with Crippen molar-refractivity contribution in [2.24, 2.45) is 5.92 Å². The Morgan fingerprint density at radius 2 is 1.86 bits per heavy atom. The Morgan fingerprint density at radius 3 is 2.59 bits per heavy atom. The standard InChI is InChI=1S/C37H40FN5O5Si/c1-5-18-42-30-16-15-26(43-31-13-9-10-14-32(31)47-23-34(43)45)20-28(30)37(36(42)46)24(2)35(49(3,4)38)33(48-37)17-19-41-21-29(39-40-41)27(22-44)25-11-7-6-8-12-25/h5-16,20-21,24,27,33,35,44H,1,17-19,22-23H2,2-4H3/t24-,27?,33+,35-,37+/m1/s1. The van der Waals surface area contributed by atoms with Crippen LogP contribution in [0.1, 0.15) is 36.1 Å². The Labute approximate surface area is 285 Å². The molecule has 1 unspecified atom stereocenters. The fourth-order valence-corrected chi connectivity index (χ4v) is 10.6. The van der Waals surface area contributed by atoms with Gasteiger partial charge in [-0.05, 0) is 55.4 Å². The average Bonchev–Trinajstić information content (AvgIpc) is 3.75. The molecule has 1 spiro atoms. The zero-order valence-corrected chi connectivity index (χ0v) is 28.8. The molecule has 0 radical (unpaired) electrons. The lowest BCUT2D eigenvalue weighted by molar-refractivity contribution is -0.145. The van der Waals surface area contributed by atoms with Gasteiger partial charge in [-0.25, -0.2) is 0 Å². The first-order valence-electron chi connectivity index (χ1n) is 16.6. The number of rotatable bonds is 10. The number of ether oxygens (including phenoxy) is 2. The number of nitrogens with zero attached hydrogens (tertiary/aromatic N) is 5. The second-order valence-corrected chi connectivity index (χ2v) is 17.3. The van der Waals surface area contributed by atoms with E-state index in [2.05, 4.69) is 16.9 Å². The summed E-state index contributed by atoms with van der Waals surface area (Å²) in [5.41, 5.74) is 2.05. The third-order valence-electron chi connectivity index (χ3n) is 10.2. The lowest BCUT2D eigenvalue weighted by Gasteiger charge is -2.32. The third-order valence-corrected chi connectivity index (χ3v) is 12.6. The molecule has 0 aliphatic carbocycles. The maximum Gasteiger partial charge on any atom is 0.269 e. The molecule has 0 bridgehead atoms. The summed E-state index contributed by atoms with van der Waals surface area (Å²) in [6.07, 6.45) is 3.27. The Kier molecular flexibility index (Phi) is 8.50. The minimum atomic E-state index is -3.42. The predicted octanol–water partition coefficient (Wildman–Crippen LogP) is 5.86. The molecule has 1 N–H and O–H groups in total. The first-order valence-corrected chi connectivity index (χ1v) is 19.6. The molecule has 0 saturated carbocycles. The Morgan fingerprint density at radius 1 is 1.10 bits per heavy atom. The number of amides is 2. The largest absolute Gasteiger partial charge is 0.482 e. The van der Waals surface area contributed by atoms with Crippen molar-refractivity contribution in [2.75, 3.05) is 29.6 Å². The number of anilines is 3. The molecule has 5 atom stereocenters. The van der Waals surface area contributed by atoms with Crippen LogP contribution in [0.5, 0.6) is 5.75 Å². The summed E-state index contributed by atoms with van der Waals surface area (Å²) in [4.78, 5) is 31.1. The number of carbonyl (C=O) groups is 2. The fourth-order valence-electron chi connectivity index (χ4n) is 8.04. The van der Waals surface area contributed by atoms with Crippen LogP contribution in [0.3, 0.4) is 0 Å². The van der Waals surface area contributed by atoms with E-state index in [4.69, 9.17) is 9.47 Å². The van der Waals surface area contributed by atoms with Crippen molar-refractivity contribution in [1.29, 1.82) is 0 Å². The molecule has 49 heavy (non-hydrogen) atoms. The smallest absolute Gasteiger partial charge is 0.269 e. The van der Waals surface area contributed by atoms with E-state index in [9.17, 15) is 14.7 Å². The SMILES string of the molecule is C=CCN1C(=O)[C@@]2(O[C@@H](CCn3cc(C(CO)c4ccccc4)nn3)[C@H]([Si](C)(C)F)[C@H]2C)c2cc(N3C(=O)COc4ccccc43)ccc21. The Balaban J connectivity index is 1.24. The van der Waals surface area contributed by atoms with Crippen molar-refractivity contribution in [3.8, 4) is 5.75 Å². The van der Waals surface area contributed by atoms with Crippen molar-refractivity contribution in [3.63, 3.8) is 0 Å². The highest BCUT2D eigenvalue weighted by Crippen LogP contribution is 2.60. The van der Waals surface area contributed by atoms with Gasteiger partial charge in [-0.3, -0.25) is 19.2 Å². The molecule has 3 aromatic carbocycles. The number of aromatic nitrogens is 3. The minimum absolute atomic E-state index is 0.117. The third kappa shape index (κ3) is 5.47. The fraction of sp³-hybridized carbons (Fsp3) is 0.351. The minimum Gasteiger partial charge on any atom is -0.482 e. The summed E-state index contributed by atoms with van der Waals surface area (Å²) in [6.45, 7) is 9.53. The summed E-state index contributed by atoms with van der Waals surface area (Å²) < 4.78 is 30.7. The second-order valence-electron chi connectivity index (χ2n) is 13.5. The Hall–Kier alpha value is -4.65. The van der Waals surface area contributed by atoms with Crippen LogP contribution < -0.4 is 14.5 Å². The molecule has 1 saturated heterocycles. The summed E-state index contributed by atoms with van der Waals surface area (Å²) in [7, 11) is -3.42. The number of carbonyl (C=O) groups excluding carboxylic acids is 2. The molecule has 3 aliphatic rings. The molecule has 2 amide bonds. The molecule has 254 valence electrons. The second kappa shape index (κ2) is 12.7. The molecule has 7 rings (SSSR count). The van der Waals surface area contributed by atoms with Crippen LogP contribution in [0.4, 0.5) is 21.2 Å². The van der Waals surface area contributed by atoms with Gasteiger partial charge in [0.25, 0.3) is 11.8 Å². The van der Waals surface area contributed by atoms with Crippen molar-refractivity contribution < 1.29 is 28.3 Å². The first-order chi connectivity index (χ1) is 23.6. The van der Waals surface area contributed by atoms with Gasteiger partial charge in [-0.2, -0.15) is 0 Å². The van der Waals surface area contributed by atoms with E-state index < -0.39 is 31.6 Å². The van der Waals surface area contributed by atoms with E-state index in [1.807, 2.05) is 79.7 Å². The topological polar surface area (TPSA) is 110 Å². The van der Waals surface area contributed by atoms with E-state index in [0.29, 0.717) is 47.0 Å². The van der Waals surface area contributed by atoms with Gasteiger partial charge in [0.2, 0.25) is 8.41 Å². The predicted molar refractivity (Wildman–Crippen MR) is 186 cm³/mol. The number of benzene rings is 3. The van der Waals surface area contributed by atoms with Gasteiger partial charge in [-0.15, -0.1) is 11.7 Å². The van der Waals surface area contributed by atoms with Crippen molar-refractivity contribution in [1.82, 2.24) is 15.0 Å². The van der Waals surface area contributed by atoms with E-state index in [-0.39, 0.29) is 37.5 Å². The maximum atomic E-state index is 16.4. The number of aliphatic hydroxyl groups is 1. The van der Waals surface area contributed by atoms with Crippen molar-refractivity contribution in [3.05, 3.63) is 108 Å². The monoisotopic (exact) mass is 681 g/mol. The molecular formula is C37H40FN5O5Si. The van der Waals surface area contributed by atoms with Gasteiger partial charge in [0.05, 0.1) is 35.7 Å². The number of para-hydroxylation sites is 2. The number of hydrogen-bond donors (Lipinski definition) is 1. The molecular weight excluding hydrogens is 642 g/mol. The van der Waals surface area contributed by atoms with Crippen LogP contribution in [0.25, 0.3) is 0 Å². The van der Waals surface area contributed by atoms with Gasteiger partial charge in [0.15, 0.2) is 12.2 Å². The number of hydrogen-bond acceptors (Lipinski definition) is 7. The highest BCUT2D eigenvalue weighted by atomic mass is 28.4. The molecule has 3 aliphatic heterocycles. The molecule has 1 fully saturated rings.